The van der Waals surface area contributed by atoms with Gasteiger partial charge in [0.15, 0.2) is 0 Å². The van der Waals surface area contributed by atoms with Gasteiger partial charge in [0.2, 0.25) is 0 Å². The Kier molecular flexibility index (Phi) is 5.64. The van der Waals surface area contributed by atoms with Crippen molar-refractivity contribution in [3.05, 3.63) is 59.0 Å². The first-order chi connectivity index (χ1) is 11.7. The summed E-state index contributed by atoms with van der Waals surface area (Å²) in [5, 5.41) is 13.2. The van der Waals surface area contributed by atoms with Crippen LogP contribution >= 0.6 is 0 Å². The normalized spacial score (nSPS) is 13.2. The van der Waals surface area contributed by atoms with Crippen LogP contribution in [0.25, 0.3) is 0 Å². The maximum atomic E-state index is 12.4. The van der Waals surface area contributed by atoms with Crippen LogP contribution < -0.4 is 5.32 Å². The van der Waals surface area contributed by atoms with E-state index in [2.05, 4.69) is 5.32 Å². The zero-order valence-electron chi connectivity index (χ0n) is 15.0. The minimum Gasteiger partial charge on any atom is -0.463 e. The monoisotopic (exact) mass is 344 g/mol. The summed E-state index contributed by atoms with van der Waals surface area (Å²) in [7, 11) is 1.71. The molecule has 0 radical (unpaired) electrons. The lowest BCUT2D eigenvalue weighted by Crippen LogP contribution is -2.38. The van der Waals surface area contributed by atoms with Crippen LogP contribution in [0.5, 0.6) is 0 Å². The minimum atomic E-state index is -1.32. The number of furan rings is 1. The van der Waals surface area contributed by atoms with Crippen molar-refractivity contribution in [3.63, 3.8) is 0 Å². The third kappa shape index (κ3) is 4.48. The van der Waals surface area contributed by atoms with Crippen LogP contribution in [0.4, 0.5) is 0 Å². The average molecular weight is 344 g/mol. The molecule has 0 aliphatic carbocycles. The number of nitrogens with one attached hydrogen (secondary N) is 1. The van der Waals surface area contributed by atoms with Crippen LogP contribution in [0.2, 0.25) is 0 Å². The zero-order chi connectivity index (χ0) is 18.6. The van der Waals surface area contributed by atoms with E-state index < -0.39 is 5.60 Å². The molecule has 2 amide bonds. The minimum absolute atomic E-state index is 0.00811. The summed E-state index contributed by atoms with van der Waals surface area (Å²) in [6.07, 6.45) is 0. The van der Waals surface area contributed by atoms with E-state index in [0.717, 1.165) is 0 Å². The van der Waals surface area contributed by atoms with Crippen LogP contribution in [0.1, 0.15) is 46.1 Å². The summed E-state index contributed by atoms with van der Waals surface area (Å²) in [5.41, 5.74) is -0.507. The molecule has 1 atom stereocenters. The molecule has 1 aromatic carbocycles. The van der Waals surface area contributed by atoms with Crippen molar-refractivity contribution in [2.24, 2.45) is 0 Å². The number of hydrogen-bond donors (Lipinski definition) is 2. The van der Waals surface area contributed by atoms with Crippen molar-refractivity contribution in [2.75, 3.05) is 20.1 Å². The van der Waals surface area contributed by atoms with Crippen molar-refractivity contribution < 1.29 is 19.1 Å². The highest BCUT2D eigenvalue weighted by Crippen LogP contribution is 2.22. The number of amides is 2. The third-order valence-corrected chi connectivity index (χ3v) is 4.06. The standard InChI is InChI=1S/C19H24N2O4/c1-5-21(4)18(23)15-8-6-7-14(11-15)17(22)20-12-19(3,24)16-10-9-13(2)25-16/h6-11,24H,5,12H2,1-4H3,(H,20,22). The summed E-state index contributed by atoms with van der Waals surface area (Å²) in [4.78, 5) is 26.1. The Morgan fingerprint density at radius 3 is 2.52 bits per heavy atom. The Balaban J connectivity index is 2.07. The van der Waals surface area contributed by atoms with Crippen LogP contribution in [0.3, 0.4) is 0 Å². The van der Waals surface area contributed by atoms with E-state index in [0.29, 0.717) is 29.2 Å². The van der Waals surface area contributed by atoms with Gasteiger partial charge in [0.1, 0.15) is 17.1 Å². The molecule has 1 unspecified atom stereocenters. The Labute approximate surface area is 147 Å². The van der Waals surface area contributed by atoms with Crippen LogP contribution in [0.15, 0.2) is 40.8 Å². The lowest BCUT2D eigenvalue weighted by molar-refractivity contribution is 0.0323. The van der Waals surface area contributed by atoms with Crippen LogP contribution in [0, 0.1) is 6.92 Å². The van der Waals surface area contributed by atoms with E-state index in [1.807, 2.05) is 6.92 Å². The van der Waals surface area contributed by atoms with Gasteiger partial charge >= 0.3 is 0 Å². The van der Waals surface area contributed by atoms with Crippen LogP contribution in [-0.2, 0) is 5.60 Å². The predicted molar refractivity (Wildman–Crippen MR) is 94.4 cm³/mol. The molecule has 2 rings (SSSR count). The van der Waals surface area contributed by atoms with Crippen molar-refractivity contribution in [1.82, 2.24) is 10.2 Å². The second kappa shape index (κ2) is 7.53. The number of hydrogen-bond acceptors (Lipinski definition) is 4. The van der Waals surface area contributed by atoms with Gasteiger partial charge in [0.25, 0.3) is 11.8 Å². The first-order valence-corrected chi connectivity index (χ1v) is 8.17. The highest BCUT2D eigenvalue weighted by atomic mass is 16.4. The number of benzene rings is 1. The van der Waals surface area contributed by atoms with Crippen molar-refractivity contribution in [2.45, 2.75) is 26.4 Å². The van der Waals surface area contributed by atoms with Gasteiger partial charge in [-0.2, -0.15) is 0 Å². The van der Waals surface area contributed by atoms with Gasteiger partial charge in [0.05, 0.1) is 6.54 Å². The molecule has 0 aliphatic rings. The highest BCUT2D eigenvalue weighted by molar-refractivity contribution is 5.99. The molecule has 0 saturated carbocycles. The number of rotatable bonds is 6. The molecule has 1 heterocycles. The second-order valence-corrected chi connectivity index (χ2v) is 6.27. The molecular weight excluding hydrogens is 320 g/mol. The molecule has 0 bridgehead atoms. The van der Waals surface area contributed by atoms with Gasteiger partial charge in [0, 0.05) is 24.7 Å². The van der Waals surface area contributed by atoms with Gasteiger partial charge in [-0.25, -0.2) is 0 Å². The molecule has 0 aliphatic heterocycles. The molecule has 1 aromatic heterocycles. The summed E-state index contributed by atoms with van der Waals surface area (Å²) in [6, 6.07) is 9.96. The highest BCUT2D eigenvalue weighted by Gasteiger charge is 2.27. The fourth-order valence-electron chi connectivity index (χ4n) is 2.32. The molecule has 0 saturated heterocycles. The number of aryl methyl sites for hydroxylation is 1. The Morgan fingerprint density at radius 2 is 1.92 bits per heavy atom. The molecule has 6 nitrogen and oxygen atoms in total. The van der Waals surface area contributed by atoms with Crippen LogP contribution in [-0.4, -0.2) is 42.0 Å². The third-order valence-electron chi connectivity index (χ3n) is 4.06. The summed E-state index contributed by atoms with van der Waals surface area (Å²) < 4.78 is 5.42. The molecule has 25 heavy (non-hydrogen) atoms. The molecular formula is C19H24N2O4. The molecule has 2 N–H and O–H groups in total. The Morgan fingerprint density at radius 1 is 1.24 bits per heavy atom. The van der Waals surface area contributed by atoms with Gasteiger partial charge in [-0.3, -0.25) is 9.59 Å². The Hall–Kier alpha value is -2.60. The summed E-state index contributed by atoms with van der Waals surface area (Å²) in [5.74, 6) is 0.569. The number of aliphatic hydroxyl groups is 1. The first kappa shape index (κ1) is 18.7. The lowest BCUT2D eigenvalue weighted by atomic mass is 10.0. The van der Waals surface area contributed by atoms with Gasteiger partial charge < -0.3 is 19.7 Å². The quantitative estimate of drug-likeness (QED) is 0.842. The van der Waals surface area contributed by atoms with E-state index in [1.54, 1.807) is 62.2 Å². The van der Waals surface area contributed by atoms with Crippen molar-refractivity contribution in [3.8, 4) is 0 Å². The second-order valence-electron chi connectivity index (χ2n) is 6.27. The maximum absolute atomic E-state index is 12.4. The molecule has 134 valence electrons. The first-order valence-electron chi connectivity index (χ1n) is 8.17. The molecule has 2 aromatic rings. The molecule has 0 fully saturated rings. The number of carbonyl (C=O) groups is 2. The van der Waals surface area contributed by atoms with Gasteiger partial charge in [-0.1, -0.05) is 6.07 Å². The number of carbonyl (C=O) groups excluding carboxylic acids is 2. The fraction of sp³-hybridized carbons (Fsp3) is 0.368. The lowest BCUT2D eigenvalue weighted by Gasteiger charge is -2.21. The topological polar surface area (TPSA) is 82.8 Å². The summed E-state index contributed by atoms with van der Waals surface area (Å²) >= 11 is 0. The van der Waals surface area contributed by atoms with E-state index in [4.69, 9.17) is 4.42 Å². The van der Waals surface area contributed by atoms with E-state index in [9.17, 15) is 14.7 Å². The smallest absolute Gasteiger partial charge is 0.253 e. The SMILES string of the molecule is CCN(C)C(=O)c1cccc(C(=O)NCC(C)(O)c2ccc(C)o2)c1. The zero-order valence-corrected chi connectivity index (χ0v) is 15.0. The number of nitrogens with zero attached hydrogens (tertiary/aromatic N) is 1. The largest absolute Gasteiger partial charge is 0.463 e. The van der Waals surface area contributed by atoms with Crippen molar-refractivity contribution in [1.29, 1.82) is 0 Å². The van der Waals surface area contributed by atoms with Crippen molar-refractivity contribution >= 4 is 11.8 Å². The molecule has 0 spiro atoms. The molecule has 6 heteroatoms. The van der Waals surface area contributed by atoms with E-state index in [-0.39, 0.29) is 18.4 Å². The van der Waals surface area contributed by atoms with Gasteiger partial charge in [-0.15, -0.1) is 0 Å². The Bertz CT molecular complexity index is 764. The van der Waals surface area contributed by atoms with Gasteiger partial charge in [-0.05, 0) is 51.1 Å². The summed E-state index contributed by atoms with van der Waals surface area (Å²) in [6.45, 7) is 5.81. The van der Waals surface area contributed by atoms with E-state index in [1.165, 1.54) is 0 Å². The fourth-order valence-corrected chi connectivity index (χ4v) is 2.32. The van der Waals surface area contributed by atoms with E-state index >= 15 is 0 Å². The maximum Gasteiger partial charge on any atom is 0.253 e. The predicted octanol–water partition coefficient (Wildman–Crippen LogP) is 2.32. The average Bonchev–Trinajstić information content (AvgIpc) is 3.05.